The summed E-state index contributed by atoms with van der Waals surface area (Å²) in [5.41, 5.74) is 0.583. The Labute approximate surface area is 96.9 Å². The van der Waals surface area contributed by atoms with E-state index in [9.17, 15) is 8.42 Å². The van der Waals surface area contributed by atoms with Gasteiger partial charge in [-0.2, -0.15) is 0 Å². The van der Waals surface area contributed by atoms with E-state index in [0.717, 1.165) is 16.0 Å². The minimum atomic E-state index is -3.72. The summed E-state index contributed by atoms with van der Waals surface area (Å²) < 4.78 is 28.2. The van der Waals surface area contributed by atoms with Gasteiger partial charge in [-0.1, -0.05) is 0 Å². The molecule has 0 bridgehead atoms. The average Bonchev–Trinajstić information content (AvgIpc) is 2.60. The predicted molar refractivity (Wildman–Crippen MR) is 62.2 cm³/mol. The van der Waals surface area contributed by atoms with Gasteiger partial charge in [0.1, 0.15) is 5.75 Å². The molecule has 1 aromatic carbocycles. The van der Waals surface area contributed by atoms with E-state index >= 15 is 0 Å². The molecule has 2 N–H and O–H groups in total. The van der Waals surface area contributed by atoms with Gasteiger partial charge in [0.25, 0.3) is 10.0 Å². The van der Waals surface area contributed by atoms with Crippen LogP contribution in [-0.4, -0.2) is 20.0 Å². The maximum Gasteiger partial charge on any atom is 0.265 e. The van der Waals surface area contributed by atoms with E-state index in [0.29, 0.717) is 17.9 Å². The third kappa shape index (κ3) is 2.16. The van der Waals surface area contributed by atoms with Crippen LogP contribution >= 0.6 is 11.3 Å². The molecule has 0 fully saturated rings. The van der Waals surface area contributed by atoms with Gasteiger partial charge in [0, 0.05) is 6.07 Å². The summed E-state index contributed by atoms with van der Waals surface area (Å²) in [6, 6.07) is 5.24. The van der Waals surface area contributed by atoms with Gasteiger partial charge in [-0.05, 0) is 19.1 Å². The lowest BCUT2D eigenvalue weighted by molar-refractivity contribution is 0.340. The minimum absolute atomic E-state index is 0.0730. The highest BCUT2D eigenvalue weighted by Gasteiger charge is 2.14. The molecule has 7 heteroatoms. The fraction of sp³-hybridized carbons (Fsp3) is 0.222. The summed E-state index contributed by atoms with van der Waals surface area (Å²) in [5.74, 6) is 0.668. The molecule has 0 amide bonds. The van der Waals surface area contributed by atoms with Crippen LogP contribution in [0.25, 0.3) is 10.2 Å². The van der Waals surface area contributed by atoms with E-state index in [-0.39, 0.29) is 4.34 Å². The molecule has 2 aromatic rings. The molecule has 0 saturated heterocycles. The van der Waals surface area contributed by atoms with E-state index < -0.39 is 10.0 Å². The number of nitrogens with zero attached hydrogens (tertiary/aromatic N) is 1. The normalized spacial score (nSPS) is 11.9. The molecular weight excluding hydrogens is 248 g/mol. The monoisotopic (exact) mass is 258 g/mol. The Morgan fingerprint density at radius 1 is 1.50 bits per heavy atom. The van der Waals surface area contributed by atoms with Crippen molar-refractivity contribution in [2.75, 3.05) is 6.61 Å². The molecule has 0 aliphatic carbocycles. The van der Waals surface area contributed by atoms with Gasteiger partial charge in [-0.15, -0.1) is 11.3 Å². The summed E-state index contributed by atoms with van der Waals surface area (Å²) in [4.78, 5) is 3.95. The fourth-order valence-corrected chi connectivity index (χ4v) is 2.90. The number of nitrogens with two attached hydrogens (primary N) is 1. The number of rotatable bonds is 3. The number of hydrogen-bond donors (Lipinski definition) is 1. The van der Waals surface area contributed by atoms with Gasteiger partial charge in [0.05, 0.1) is 16.8 Å². The molecule has 0 radical (unpaired) electrons. The zero-order valence-electron chi connectivity index (χ0n) is 8.50. The fourth-order valence-electron chi connectivity index (χ4n) is 1.26. The lowest BCUT2D eigenvalue weighted by Crippen LogP contribution is -2.11. The van der Waals surface area contributed by atoms with Crippen molar-refractivity contribution < 1.29 is 13.2 Å². The second-order valence-electron chi connectivity index (χ2n) is 3.09. The van der Waals surface area contributed by atoms with Gasteiger partial charge < -0.3 is 4.74 Å². The van der Waals surface area contributed by atoms with Gasteiger partial charge in [0.15, 0.2) is 0 Å². The van der Waals surface area contributed by atoms with Crippen LogP contribution in [0.15, 0.2) is 22.5 Å². The van der Waals surface area contributed by atoms with Crippen LogP contribution in [0.2, 0.25) is 0 Å². The molecular formula is C9H10N2O3S2. The van der Waals surface area contributed by atoms with Crippen LogP contribution in [0.4, 0.5) is 0 Å². The number of ether oxygens (including phenoxy) is 1. The zero-order valence-corrected chi connectivity index (χ0v) is 10.1. The summed E-state index contributed by atoms with van der Waals surface area (Å²) in [6.07, 6.45) is 0. The number of benzene rings is 1. The molecule has 1 aromatic heterocycles. The highest BCUT2D eigenvalue weighted by Crippen LogP contribution is 2.27. The van der Waals surface area contributed by atoms with Gasteiger partial charge in [0.2, 0.25) is 4.34 Å². The number of aromatic nitrogens is 1. The molecule has 0 unspecified atom stereocenters. The number of hydrogen-bond acceptors (Lipinski definition) is 5. The molecule has 0 spiro atoms. The SMILES string of the molecule is CCOc1ccc2sc(S(N)(=O)=O)nc2c1. The van der Waals surface area contributed by atoms with E-state index in [1.54, 1.807) is 18.2 Å². The van der Waals surface area contributed by atoms with Crippen LogP contribution in [0.1, 0.15) is 6.92 Å². The van der Waals surface area contributed by atoms with Crippen LogP contribution < -0.4 is 9.88 Å². The average molecular weight is 258 g/mol. The van der Waals surface area contributed by atoms with Crippen molar-refractivity contribution in [2.24, 2.45) is 5.14 Å². The van der Waals surface area contributed by atoms with E-state index in [4.69, 9.17) is 9.88 Å². The Balaban J connectivity index is 2.54. The van der Waals surface area contributed by atoms with Crippen molar-refractivity contribution >= 4 is 31.6 Å². The first-order valence-electron chi connectivity index (χ1n) is 4.57. The summed E-state index contributed by atoms with van der Waals surface area (Å²) >= 11 is 1.05. The van der Waals surface area contributed by atoms with Crippen molar-refractivity contribution in [3.05, 3.63) is 18.2 Å². The quantitative estimate of drug-likeness (QED) is 0.900. The lowest BCUT2D eigenvalue weighted by atomic mass is 10.3. The van der Waals surface area contributed by atoms with Gasteiger partial charge in [-0.25, -0.2) is 18.5 Å². The Kier molecular flexibility index (Phi) is 2.83. The standard InChI is InChI=1S/C9H10N2O3S2/c1-2-14-6-3-4-8-7(5-6)11-9(15-8)16(10,12)13/h3-5H,2H2,1H3,(H2,10,12,13). The van der Waals surface area contributed by atoms with Crippen LogP contribution in [0.3, 0.4) is 0 Å². The molecule has 16 heavy (non-hydrogen) atoms. The van der Waals surface area contributed by atoms with Gasteiger partial charge >= 0.3 is 0 Å². The van der Waals surface area contributed by atoms with Gasteiger partial charge in [-0.3, -0.25) is 0 Å². The first-order chi connectivity index (χ1) is 7.50. The minimum Gasteiger partial charge on any atom is -0.494 e. The van der Waals surface area contributed by atoms with Crippen molar-refractivity contribution in [3.63, 3.8) is 0 Å². The Hall–Kier alpha value is -1.18. The largest absolute Gasteiger partial charge is 0.494 e. The molecule has 0 atom stereocenters. The van der Waals surface area contributed by atoms with E-state index in [2.05, 4.69) is 4.98 Å². The Bertz CT molecular complexity index is 619. The van der Waals surface area contributed by atoms with E-state index in [1.165, 1.54) is 0 Å². The molecule has 5 nitrogen and oxygen atoms in total. The lowest BCUT2D eigenvalue weighted by Gasteiger charge is -2.00. The zero-order chi connectivity index (χ0) is 11.8. The topological polar surface area (TPSA) is 82.3 Å². The smallest absolute Gasteiger partial charge is 0.265 e. The maximum atomic E-state index is 11.1. The van der Waals surface area contributed by atoms with Crippen molar-refractivity contribution in [1.29, 1.82) is 0 Å². The molecule has 0 aliphatic rings. The molecule has 1 heterocycles. The summed E-state index contributed by atoms with van der Waals surface area (Å²) in [6.45, 7) is 2.43. The molecule has 86 valence electrons. The predicted octanol–water partition coefficient (Wildman–Crippen LogP) is 1.34. The third-order valence-electron chi connectivity index (χ3n) is 1.89. The highest BCUT2D eigenvalue weighted by atomic mass is 32.2. The summed E-state index contributed by atoms with van der Waals surface area (Å²) in [5, 5.41) is 5.01. The van der Waals surface area contributed by atoms with Crippen LogP contribution in [-0.2, 0) is 10.0 Å². The second-order valence-corrected chi connectivity index (χ2v) is 5.85. The Morgan fingerprint density at radius 3 is 2.88 bits per heavy atom. The summed E-state index contributed by atoms with van der Waals surface area (Å²) in [7, 11) is -3.72. The van der Waals surface area contributed by atoms with Crippen LogP contribution in [0, 0.1) is 0 Å². The third-order valence-corrected chi connectivity index (χ3v) is 4.25. The number of fused-ring (bicyclic) bond motifs is 1. The maximum absolute atomic E-state index is 11.1. The van der Waals surface area contributed by atoms with Crippen molar-refractivity contribution in [1.82, 2.24) is 4.98 Å². The first-order valence-corrected chi connectivity index (χ1v) is 6.93. The second kappa shape index (κ2) is 4.00. The Morgan fingerprint density at radius 2 is 2.25 bits per heavy atom. The first kappa shape index (κ1) is 11.3. The molecule has 0 aliphatic heterocycles. The highest BCUT2D eigenvalue weighted by molar-refractivity contribution is 7.91. The van der Waals surface area contributed by atoms with Crippen molar-refractivity contribution in [3.8, 4) is 5.75 Å². The van der Waals surface area contributed by atoms with Crippen molar-refractivity contribution in [2.45, 2.75) is 11.3 Å². The molecule has 2 rings (SSSR count). The number of sulfonamides is 1. The van der Waals surface area contributed by atoms with Crippen LogP contribution in [0.5, 0.6) is 5.75 Å². The van der Waals surface area contributed by atoms with E-state index in [1.807, 2.05) is 6.92 Å². The number of primary sulfonamides is 1. The number of thiazole rings is 1. The molecule has 0 saturated carbocycles.